The molecule has 2 N–H and O–H groups in total. The van der Waals surface area contributed by atoms with E-state index < -0.39 is 20.7 Å². The zero-order valence-electron chi connectivity index (χ0n) is 14.9. The maximum absolute atomic E-state index is 13.9. The number of H-pyrrole nitrogens is 1. The van der Waals surface area contributed by atoms with Crippen molar-refractivity contribution >= 4 is 27.4 Å². The summed E-state index contributed by atoms with van der Waals surface area (Å²) in [7, 11) is -4.17. The third-order valence-corrected chi connectivity index (χ3v) is 5.99. The number of carbonyl (C=O) groups excluding carboxylic acids is 1. The van der Waals surface area contributed by atoms with Gasteiger partial charge in [-0.05, 0) is 37.6 Å². The van der Waals surface area contributed by atoms with Crippen LogP contribution in [0.25, 0.3) is 0 Å². The fourth-order valence-corrected chi connectivity index (χ4v) is 4.26. The van der Waals surface area contributed by atoms with E-state index in [9.17, 15) is 17.6 Å². The summed E-state index contributed by atoms with van der Waals surface area (Å²) in [6.07, 6.45) is 0.403. The van der Waals surface area contributed by atoms with Gasteiger partial charge in [-0.25, -0.2) is 12.8 Å². The lowest BCUT2D eigenvalue weighted by molar-refractivity contribution is 0.0976. The van der Waals surface area contributed by atoms with Crippen molar-refractivity contribution in [3.8, 4) is 0 Å². The van der Waals surface area contributed by atoms with Gasteiger partial charge in [0.1, 0.15) is 16.4 Å². The Labute approximate surface area is 161 Å². The van der Waals surface area contributed by atoms with Crippen LogP contribution in [-0.2, 0) is 16.4 Å². The Kier molecular flexibility index (Phi) is 4.38. The van der Waals surface area contributed by atoms with Crippen molar-refractivity contribution in [1.82, 2.24) is 10.2 Å². The Morgan fingerprint density at radius 1 is 1.14 bits per heavy atom. The highest BCUT2D eigenvalue weighted by molar-refractivity contribution is 7.92. The van der Waals surface area contributed by atoms with Crippen molar-refractivity contribution in [2.75, 3.05) is 16.2 Å². The minimum absolute atomic E-state index is 0.00941. The zero-order valence-corrected chi connectivity index (χ0v) is 15.8. The lowest BCUT2D eigenvalue weighted by Crippen LogP contribution is -2.37. The van der Waals surface area contributed by atoms with Crippen LogP contribution < -0.4 is 9.62 Å². The van der Waals surface area contributed by atoms with Crippen LogP contribution >= 0.6 is 0 Å². The van der Waals surface area contributed by atoms with E-state index in [2.05, 4.69) is 14.9 Å². The molecule has 1 aliphatic rings. The van der Waals surface area contributed by atoms with E-state index in [0.29, 0.717) is 18.5 Å². The highest BCUT2D eigenvalue weighted by Gasteiger charge is 2.31. The molecule has 3 aromatic rings. The van der Waals surface area contributed by atoms with Gasteiger partial charge in [0.25, 0.3) is 15.9 Å². The predicted octanol–water partition coefficient (Wildman–Crippen LogP) is 2.86. The average Bonchev–Trinajstić information content (AvgIpc) is 3.06. The fourth-order valence-electron chi connectivity index (χ4n) is 3.15. The van der Waals surface area contributed by atoms with Crippen LogP contribution in [0.5, 0.6) is 0 Å². The predicted molar refractivity (Wildman–Crippen MR) is 102 cm³/mol. The highest BCUT2D eigenvalue weighted by Crippen LogP contribution is 2.29. The van der Waals surface area contributed by atoms with Crippen LogP contribution in [0.1, 0.15) is 21.6 Å². The molecule has 9 heteroatoms. The first-order valence-corrected chi connectivity index (χ1v) is 10.1. The Bertz CT molecular complexity index is 1160. The first-order chi connectivity index (χ1) is 13.4. The smallest absolute Gasteiger partial charge is 0.276 e. The molecule has 0 bridgehead atoms. The second-order valence-electron chi connectivity index (χ2n) is 6.50. The maximum Gasteiger partial charge on any atom is 0.276 e. The number of rotatable bonds is 4. The van der Waals surface area contributed by atoms with Crippen LogP contribution in [0.2, 0.25) is 0 Å². The second kappa shape index (κ2) is 6.75. The number of anilines is 2. The summed E-state index contributed by atoms with van der Waals surface area (Å²) in [6.45, 7) is 2.34. The molecule has 0 aliphatic carbocycles. The summed E-state index contributed by atoms with van der Waals surface area (Å²) in [5, 5.41) is 6.56. The van der Waals surface area contributed by atoms with Gasteiger partial charge < -0.3 is 4.90 Å². The number of fused-ring (bicyclic) bond motifs is 1. The number of halogens is 1. The summed E-state index contributed by atoms with van der Waals surface area (Å²) < 4.78 is 41.2. The number of hydrogen-bond acceptors (Lipinski definition) is 4. The number of aromatic nitrogens is 2. The molecule has 1 amide bonds. The minimum atomic E-state index is -4.17. The number of amides is 1. The second-order valence-corrected chi connectivity index (χ2v) is 8.15. The Morgan fingerprint density at radius 2 is 1.86 bits per heavy atom. The first kappa shape index (κ1) is 18.2. The third-order valence-electron chi connectivity index (χ3n) is 4.61. The van der Waals surface area contributed by atoms with Gasteiger partial charge >= 0.3 is 0 Å². The summed E-state index contributed by atoms with van der Waals surface area (Å²) in [6, 6.07) is 12.6. The van der Waals surface area contributed by atoms with Crippen LogP contribution in [0, 0.1) is 12.7 Å². The van der Waals surface area contributed by atoms with E-state index in [1.165, 1.54) is 18.2 Å². The first-order valence-electron chi connectivity index (χ1n) is 8.60. The van der Waals surface area contributed by atoms with Crippen LogP contribution in [-0.4, -0.2) is 31.1 Å². The van der Waals surface area contributed by atoms with Gasteiger partial charge in [-0.3, -0.25) is 14.6 Å². The minimum Gasteiger partial charge on any atom is -0.307 e. The molecule has 144 valence electrons. The number of nitrogens with one attached hydrogen (secondary N) is 2. The summed E-state index contributed by atoms with van der Waals surface area (Å²) in [5.41, 5.74) is 2.52. The molecule has 1 aliphatic heterocycles. The number of carbonyl (C=O) groups is 1. The van der Waals surface area contributed by atoms with Crippen molar-refractivity contribution in [1.29, 1.82) is 0 Å². The molecule has 2 aromatic carbocycles. The average molecular weight is 400 g/mol. The number of sulfonamides is 1. The molecule has 7 nitrogen and oxygen atoms in total. The molecule has 2 heterocycles. The van der Waals surface area contributed by atoms with Crippen molar-refractivity contribution in [3.05, 3.63) is 71.2 Å². The number of benzene rings is 2. The number of nitrogens with zero attached hydrogens (tertiary/aromatic N) is 2. The van der Waals surface area contributed by atoms with Crippen LogP contribution in [0.3, 0.4) is 0 Å². The van der Waals surface area contributed by atoms with Gasteiger partial charge in [0, 0.05) is 17.8 Å². The largest absolute Gasteiger partial charge is 0.307 e. The molecule has 0 saturated heterocycles. The van der Waals surface area contributed by atoms with Crippen molar-refractivity contribution < 1.29 is 17.6 Å². The summed E-state index contributed by atoms with van der Waals surface area (Å²) in [4.78, 5) is 14.0. The Hall–Kier alpha value is -3.20. The summed E-state index contributed by atoms with van der Waals surface area (Å²) >= 11 is 0. The summed E-state index contributed by atoms with van der Waals surface area (Å²) in [5.74, 6) is -1.15. The number of hydrogen-bond donors (Lipinski definition) is 2. The molecular formula is C19H17FN4O3S. The zero-order chi connectivity index (χ0) is 19.9. The van der Waals surface area contributed by atoms with Crippen molar-refractivity contribution in [2.24, 2.45) is 0 Å². The van der Waals surface area contributed by atoms with Gasteiger partial charge in [-0.1, -0.05) is 29.8 Å². The van der Waals surface area contributed by atoms with Crippen LogP contribution in [0.15, 0.2) is 53.4 Å². The van der Waals surface area contributed by atoms with Gasteiger partial charge in [0.2, 0.25) is 0 Å². The van der Waals surface area contributed by atoms with Crippen molar-refractivity contribution in [3.63, 3.8) is 0 Å². The lowest BCUT2D eigenvalue weighted by atomic mass is 10.1. The third kappa shape index (κ3) is 3.13. The molecule has 0 atom stereocenters. The van der Waals surface area contributed by atoms with Gasteiger partial charge in [0.15, 0.2) is 5.82 Å². The molecule has 1 aromatic heterocycles. The van der Waals surface area contributed by atoms with Gasteiger partial charge in [0.05, 0.1) is 0 Å². The van der Waals surface area contributed by atoms with E-state index in [0.717, 1.165) is 17.3 Å². The molecule has 0 spiro atoms. The normalized spacial score (nSPS) is 14.1. The molecule has 28 heavy (non-hydrogen) atoms. The van der Waals surface area contributed by atoms with Crippen molar-refractivity contribution in [2.45, 2.75) is 18.2 Å². The molecule has 4 rings (SSSR count). The maximum atomic E-state index is 13.9. The van der Waals surface area contributed by atoms with E-state index in [4.69, 9.17) is 0 Å². The molecule has 0 saturated carbocycles. The number of aromatic amines is 1. The number of aryl methyl sites for hydroxylation is 1. The molecule has 0 fully saturated rings. The SMILES string of the molecule is Cc1ccc(N2CCc3c(NS(=O)(=O)c4ccccc4F)n[nH]c3C2=O)cc1. The standard InChI is InChI=1S/C19H17FN4O3S/c1-12-6-8-13(9-7-12)24-11-10-14-17(19(24)25)21-22-18(14)23-28(26,27)16-5-3-2-4-15(16)20/h2-9H,10-11H2,1H3,(H2,21,22,23). The Balaban J connectivity index is 1.63. The lowest BCUT2D eigenvalue weighted by Gasteiger charge is -2.26. The van der Waals surface area contributed by atoms with Gasteiger partial charge in [-0.15, -0.1) is 0 Å². The van der Waals surface area contributed by atoms with E-state index in [1.54, 1.807) is 4.90 Å². The molecule has 0 radical (unpaired) electrons. The monoisotopic (exact) mass is 400 g/mol. The molecular weight excluding hydrogens is 383 g/mol. The topological polar surface area (TPSA) is 95.2 Å². The fraction of sp³-hybridized carbons (Fsp3) is 0.158. The molecule has 0 unspecified atom stereocenters. The van der Waals surface area contributed by atoms with Crippen LogP contribution in [0.4, 0.5) is 15.9 Å². The quantitative estimate of drug-likeness (QED) is 0.704. The Morgan fingerprint density at radius 3 is 2.57 bits per heavy atom. The van der Waals surface area contributed by atoms with Gasteiger partial charge in [-0.2, -0.15) is 5.10 Å². The van der Waals surface area contributed by atoms with E-state index in [-0.39, 0.29) is 17.4 Å². The highest BCUT2D eigenvalue weighted by atomic mass is 32.2. The van der Waals surface area contributed by atoms with E-state index in [1.807, 2.05) is 31.2 Å². The van der Waals surface area contributed by atoms with E-state index >= 15 is 0 Å².